The largest absolute Gasteiger partial charge is 0.244 e. The molecule has 0 aliphatic carbocycles. The molecule has 196 valence electrons. The van der Waals surface area contributed by atoms with E-state index >= 15 is 0 Å². The van der Waals surface area contributed by atoms with Gasteiger partial charge >= 0.3 is 0 Å². The first-order valence-electron chi connectivity index (χ1n) is 15.3. The van der Waals surface area contributed by atoms with E-state index < -0.39 is 0 Å². The van der Waals surface area contributed by atoms with Crippen molar-refractivity contribution in [1.29, 1.82) is 0 Å². The van der Waals surface area contributed by atoms with Gasteiger partial charge < -0.3 is 0 Å². The first kappa shape index (κ1) is 29.7. The normalized spacial score (nSPS) is 14.6. The van der Waals surface area contributed by atoms with E-state index in [0.717, 1.165) is 12.6 Å². The second-order valence-corrected chi connectivity index (χ2v) is 10.9. The van der Waals surface area contributed by atoms with Gasteiger partial charge in [-0.15, -0.1) is 0 Å². The molecule has 2 heteroatoms. The number of hydrogen-bond donors (Lipinski definition) is 0. The van der Waals surface area contributed by atoms with Crippen LogP contribution < -0.4 is 0 Å². The molecular weight excluding hydrogens is 424 g/mol. The predicted octanol–water partition coefficient (Wildman–Crippen LogP) is 10.6. The van der Waals surface area contributed by atoms with E-state index in [1.165, 1.54) is 128 Å². The average molecular weight is 480 g/mol. The molecule has 1 heterocycles. The summed E-state index contributed by atoms with van der Waals surface area (Å²) in [5.74, 6) is 1.15. The van der Waals surface area contributed by atoms with Crippen LogP contribution in [0.25, 0.3) is 0 Å². The van der Waals surface area contributed by atoms with Crippen molar-refractivity contribution in [1.82, 2.24) is 0 Å². The Morgan fingerprint density at radius 2 is 1.03 bits per heavy atom. The first-order chi connectivity index (χ1) is 17.3. The summed E-state index contributed by atoms with van der Waals surface area (Å²) in [7, 11) is 0. The summed E-state index contributed by atoms with van der Waals surface area (Å²) in [6.45, 7) is 4.60. The van der Waals surface area contributed by atoms with Gasteiger partial charge in [-0.3, -0.25) is 0 Å². The Kier molecular flexibility index (Phi) is 17.5. The van der Waals surface area contributed by atoms with Crippen LogP contribution in [0.4, 0.5) is 0 Å². The second-order valence-electron chi connectivity index (χ2n) is 10.9. The molecule has 0 saturated heterocycles. The molecule has 1 aliphatic heterocycles. The van der Waals surface area contributed by atoms with Crippen molar-refractivity contribution in [2.75, 3.05) is 0 Å². The molecule has 2 unspecified atom stereocenters. The molecule has 2 atom stereocenters. The van der Waals surface area contributed by atoms with Gasteiger partial charge in [-0.25, -0.2) is 0 Å². The molecule has 0 spiro atoms. The zero-order valence-electron chi connectivity index (χ0n) is 23.2. The Bertz CT molecular complexity index is 638. The third-order valence-electron chi connectivity index (χ3n) is 7.77. The molecule has 1 aliphatic rings. The van der Waals surface area contributed by atoms with Crippen molar-refractivity contribution < 1.29 is 0 Å². The van der Waals surface area contributed by atoms with E-state index in [0.29, 0.717) is 11.8 Å². The number of unbranched alkanes of at least 4 members (excludes halogenated alkanes) is 15. The predicted molar refractivity (Wildman–Crippen MR) is 156 cm³/mol. The highest BCUT2D eigenvalue weighted by Gasteiger charge is 2.35. The maximum atomic E-state index is 4.69. The Labute approximate surface area is 218 Å². The smallest absolute Gasteiger partial charge is 0.0965 e. The molecule has 0 amide bonds. The topological polar surface area (TPSA) is 24.7 Å². The third kappa shape index (κ3) is 13.9. The number of hydrogen-bond acceptors (Lipinski definition) is 2. The van der Waals surface area contributed by atoms with Gasteiger partial charge in [0, 0.05) is 0 Å². The van der Waals surface area contributed by atoms with Crippen LogP contribution in [0.15, 0.2) is 40.3 Å². The fourth-order valence-corrected chi connectivity index (χ4v) is 5.60. The highest BCUT2D eigenvalue weighted by atomic mass is 15.0. The van der Waals surface area contributed by atoms with E-state index in [-0.39, 0.29) is 0 Å². The minimum atomic E-state index is 0.500. The van der Waals surface area contributed by atoms with Crippen molar-refractivity contribution in [2.45, 2.75) is 142 Å². The molecular formula is C33H55N2+. The fraction of sp³-hybridized carbons (Fsp3) is 0.727. The summed E-state index contributed by atoms with van der Waals surface area (Å²) in [4.78, 5) is 9.39. The van der Waals surface area contributed by atoms with Gasteiger partial charge in [-0.2, -0.15) is 0 Å². The lowest BCUT2D eigenvalue weighted by molar-refractivity contribution is 0.284. The van der Waals surface area contributed by atoms with Crippen LogP contribution in [-0.2, 0) is 6.42 Å². The molecule has 0 N–H and O–H groups in total. The van der Waals surface area contributed by atoms with E-state index in [2.05, 4.69) is 44.2 Å². The zero-order chi connectivity index (χ0) is 24.8. The maximum Gasteiger partial charge on any atom is 0.244 e. The Morgan fingerprint density at radius 3 is 1.54 bits per heavy atom. The Balaban J connectivity index is 1.76. The van der Waals surface area contributed by atoms with Gasteiger partial charge in [0.2, 0.25) is 6.17 Å². The van der Waals surface area contributed by atoms with E-state index in [9.17, 15) is 0 Å². The highest BCUT2D eigenvalue weighted by Crippen LogP contribution is 2.37. The van der Waals surface area contributed by atoms with E-state index in [4.69, 9.17) is 9.98 Å². The lowest BCUT2D eigenvalue weighted by Gasteiger charge is -2.26. The first-order valence-corrected chi connectivity index (χ1v) is 15.3. The van der Waals surface area contributed by atoms with Gasteiger partial charge in [0.05, 0.1) is 5.92 Å². The third-order valence-corrected chi connectivity index (χ3v) is 7.77. The van der Waals surface area contributed by atoms with Crippen LogP contribution in [-0.4, -0.2) is 12.4 Å². The maximum absolute atomic E-state index is 4.69. The van der Waals surface area contributed by atoms with Crippen LogP contribution in [0.2, 0.25) is 0 Å². The number of benzene rings is 1. The molecule has 35 heavy (non-hydrogen) atoms. The molecule has 2 nitrogen and oxygen atoms in total. The number of aliphatic imine (C=N–C) groups is 2. The molecule has 1 aromatic carbocycles. The summed E-state index contributed by atoms with van der Waals surface area (Å²) in [6, 6.07) is 11.1. The second kappa shape index (κ2) is 20.6. The molecule has 0 fully saturated rings. The minimum Gasteiger partial charge on any atom is -0.0965 e. The van der Waals surface area contributed by atoms with Crippen LogP contribution in [0.3, 0.4) is 0 Å². The Hall–Kier alpha value is -1.57. The molecule has 0 bridgehead atoms. The number of nitrogens with zero attached hydrogens (tertiary/aromatic N) is 2. The van der Waals surface area contributed by atoms with E-state index in [1.807, 2.05) is 12.4 Å². The van der Waals surface area contributed by atoms with Gasteiger partial charge in [0.1, 0.15) is 0 Å². The lowest BCUT2D eigenvalue weighted by Crippen LogP contribution is -2.22. The standard InChI is InChI=1S/C33H55N2/c1-3-5-7-9-10-11-12-13-14-15-17-21-25-31(29-30-23-19-18-20-24-30)32(33-34-27-28-35-33)26-22-16-8-6-4-2/h18-20,23-24,27-28,31-32H,3-17,21-22,25-26,29H2,1-2H3/q+1. The van der Waals surface area contributed by atoms with Gasteiger partial charge in [-0.1, -0.05) is 163 Å². The van der Waals surface area contributed by atoms with Gasteiger partial charge in [0.15, 0.2) is 12.4 Å². The summed E-state index contributed by atoms with van der Waals surface area (Å²) in [5, 5.41) is 0. The zero-order valence-corrected chi connectivity index (χ0v) is 23.2. The molecule has 0 radical (unpaired) electrons. The SMILES string of the molecule is CCCCCCCCCCCCCCC(Cc1ccccc1)C(CCCCCCC)[C+]1N=CC=N1. The molecule has 0 aromatic heterocycles. The van der Waals surface area contributed by atoms with Crippen LogP contribution in [0, 0.1) is 18.0 Å². The number of rotatable bonds is 23. The average Bonchev–Trinajstić information content (AvgIpc) is 3.41. The quantitative estimate of drug-likeness (QED) is 0.110. The highest BCUT2D eigenvalue weighted by molar-refractivity contribution is 6.18. The molecule has 2 rings (SSSR count). The van der Waals surface area contributed by atoms with Crippen molar-refractivity contribution in [3.05, 3.63) is 42.1 Å². The van der Waals surface area contributed by atoms with Crippen LogP contribution in [0.5, 0.6) is 0 Å². The molecule has 1 aromatic rings. The summed E-state index contributed by atoms with van der Waals surface area (Å²) >= 11 is 0. The monoisotopic (exact) mass is 479 g/mol. The summed E-state index contributed by atoms with van der Waals surface area (Å²) < 4.78 is 0. The summed E-state index contributed by atoms with van der Waals surface area (Å²) in [5.41, 5.74) is 1.47. The molecule has 0 saturated carbocycles. The van der Waals surface area contributed by atoms with Gasteiger partial charge in [-0.05, 0) is 30.7 Å². The van der Waals surface area contributed by atoms with E-state index in [1.54, 1.807) is 0 Å². The van der Waals surface area contributed by atoms with Crippen molar-refractivity contribution in [3.8, 4) is 0 Å². The van der Waals surface area contributed by atoms with Crippen LogP contribution in [0.1, 0.15) is 141 Å². The van der Waals surface area contributed by atoms with Crippen molar-refractivity contribution in [2.24, 2.45) is 21.8 Å². The van der Waals surface area contributed by atoms with Crippen LogP contribution >= 0.6 is 0 Å². The Morgan fingerprint density at radius 1 is 0.571 bits per heavy atom. The van der Waals surface area contributed by atoms with Gasteiger partial charge in [0.25, 0.3) is 0 Å². The van der Waals surface area contributed by atoms with Crippen molar-refractivity contribution >= 4 is 12.4 Å². The summed E-state index contributed by atoms with van der Waals surface area (Å²) in [6.07, 6.45) is 32.3. The fourth-order valence-electron chi connectivity index (χ4n) is 5.60. The minimum absolute atomic E-state index is 0.500. The van der Waals surface area contributed by atoms with Crippen molar-refractivity contribution in [3.63, 3.8) is 0 Å². The lowest BCUT2D eigenvalue weighted by atomic mass is 9.78.